The Morgan fingerprint density at radius 1 is 1.00 bits per heavy atom. The van der Waals surface area contributed by atoms with Crippen molar-refractivity contribution in [1.29, 1.82) is 0 Å². The SMILES string of the molecule is C[CH2][Sn]([CH2]C)([CH2]C)[CH2]N1CC1. The zero-order chi connectivity index (χ0) is 8.32. The van der Waals surface area contributed by atoms with E-state index in [1.54, 1.807) is 17.9 Å². The molecule has 0 aromatic heterocycles. The topological polar surface area (TPSA) is 3.01 Å². The fourth-order valence-corrected chi connectivity index (χ4v) is 11.6. The van der Waals surface area contributed by atoms with Gasteiger partial charge in [0.15, 0.2) is 0 Å². The van der Waals surface area contributed by atoms with Crippen molar-refractivity contribution in [3.8, 4) is 0 Å². The molecule has 2 heteroatoms. The molecule has 0 saturated carbocycles. The molecular formula is C9H21NSn. The Balaban J connectivity index is 2.39. The Morgan fingerprint density at radius 2 is 1.45 bits per heavy atom. The fraction of sp³-hybridized carbons (Fsp3) is 1.00. The monoisotopic (exact) mass is 263 g/mol. The zero-order valence-electron chi connectivity index (χ0n) is 8.19. The number of rotatable bonds is 5. The first-order chi connectivity index (χ1) is 5.26. The van der Waals surface area contributed by atoms with Crippen molar-refractivity contribution >= 4 is 18.4 Å². The Morgan fingerprint density at radius 3 is 1.73 bits per heavy atom. The quantitative estimate of drug-likeness (QED) is 0.543. The van der Waals surface area contributed by atoms with Crippen LogP contribution in [-0.4, -0.2) is 40.9 Å². The van der Waals surface area contributed by atoms with Crippen molar-refractivity contribution in [3.05, 3.63) is 0 Å². The normalized spacial score (nSPS) is 18.8. The number of hydrogen-bond acceptors (Lipinski definition) is 1. The number of hydrogen-bond donors (Lipinski definition) is 0. The molecule has 0 spiro atoms. The van der Waals surface area contributed by atoms with E-state index in [4.69, 9.17) is 0 Å². The first kappa shape index (κ1) is 9.84. The van der Waals surface area contributed by atoms with Crippen LogP contribution in [0.2, 0.25) is 13.3 Å². The van der Waals surface area contributed by atoms with Crippen LogP contribution in [0.15, 0.2) is 0 Å². The van der Waals surface area contributed by atoms with Gasteiger partial charge in [-0.1, -0.05) is 0 Å². The van der Waals surface area contributed by atoms with E-state index in [0.29, 0.717) is 0 Å². The van der Waals surface area contributed by atoms with Crippen LogP contribution in [0.1, 0.15) is 20.8 Å². The average Bonchev–Trinajstić information content (AvgIpc) is 2.84. The van der Waals surface area contributed by atoms with Gasteiger partial charge in [-0.15, -0.1) is 0 Å². The van der Waals surface area contributed by atoms with Gasteiger partial charge in [-0.3, -0.25) is 0 Å². The minimum atomic E-state index is -1.52. The van der Waals surface area contributed by atoms with Gasteiger partial charge in [-0.2, -0.15) is 0 Å². The summed E-state index contributed by atoms with van der Waals surface area (Å²) in [4.78, 5) is 2.65. The van der Waals surface area contributed by atoms with Crippen LogP contribution in [0.4, 0.5) is 0 Å². The van der Waals surface area contributed by atoms with Gasteiger partial charge in [-0.25, -0.2) is 0 Å². The Bertz CT molecular complexity index is 108. The van der Waals surface area contributed by atoms with E-state index in [-0.39, 0.29) is 0 Å². The second-order valence-corrected chi connectivity index (χ2v) is 19.4. The molecule has 1 nitrogen and oxygen atoms in total. The zero-order valence-corrected chi connectivity index (χ0v) is 11.0. The maximum atomic E-state index is 2.65. The summed E-state index contributed by atoms with van der Waals surface area (Å²) in [5, 5.41) is 0. The summed E-state index contributed by atoms with van der Waals surface area (Å²) in [6.45, 7) is 10.1. The molecule has 11 heavy (non-hydrogen) atoms. The molecule has 1 aliphatic rings. The Labute approximate surface area is 75.0 Å². The summed E-state index contributed by atoms with van der Waals surface area (Å²) in [5.41, 5.74) is 0. The van der Waals surface area contributed by atoms with Gasteiger partial charge >= 0.3 is 75.0 Å². The molecule has 0 radical (unpaired) electrons. The second-order valence-electron chi connectivity index (χ2n) is 3.84. The molecule has 0 atom stereocenters. The van der Waals surface area contributed by atoms with E-state index in [2.05, 4.69) is 25.7 Å². The molecule has 0 unspecified atom stereocenters. The van der Waals surface area contributed by atoms with Gasteiger partial charge in [0, 0.05) is 0 Å². The third-order valence-corrected chi connectivity index (χ3v) is 19.4. The van der Waals surface area contributed by atoms with Gasteiger partial charge < -0.3 is 0 Å². The maximum absolute atomic E-state index is 2.65. The fourth-order valence-electron chi connectivity index (χ4n) is 1.79. The van der Waals surface area contributed by atoms with Crippen LogP contribution in [0.3, 0.4) is 0 Å². The molecular weight excluding hydrogens is 241 g/mol. The summed E-state index contributed by atoms with van der Waals surface area (Å²) in [5.74, 6) is 0. The molecule has 0 bridgehead atoms. The van der Waals surface area contributed by atoms with E-state index in [0.717, 1.165) is 0 Å². The molecule has 1 saturated heterocycles. The standard InChI is InChI=1S/C3H6N.3C2H5.Sn/c1-4-2-3-4;3*1-2;/h1-3H2;3*1H2,2H3;. The summed E-state index contributed by atoms with van der Waals surface area (Å²) < 4.78 is 6.22. The first-order valence-corrected chi connectivity index (χ1v) is 13.1. The van der Waals surface area contributed by atoms with E-state index in [1.165, 1.54) is 13.1 Å². The average molecular weight is 262 g/mol. The molecule has 0 aromatic rings. The summed E-state index contributed by atoms with van der Waals surface area (Å²) >= 11 is -1.52. The van der Waals surface area contributed by atoms with Crippen LogP contribution in [0, 0.1) is 0 Å². The predicted octanol–water partition coefficient (Wildman–Crippen LogP) is 2.35. The van der Waals surface area contributed by atoms with E-state index < -0.39 is 18.4 Å². The van der Waals surface area contributed by atoms with E-state index in [9.17, 15) is 0 Å². The van der Waals surface area contributed by atoms with Crippen molar-refractivity contribution in [3.63, 3.8) is 0 Å². The molecule has 0 N–H and O–H groups in total. The van der Waals surface area contributed by atoms with Crippen molar-refractivity contribution in [1.82, 2.24) is 4.90 Å². The molecule has 1 aliphatic heterocycles. The van der Waals surface area contributed by atoms with Gasteiger partial charge in [0.2, 0.25) is 0 Å². The summed E-state index contributed by atoms with van der Waals surface area (Å²) in [6, 6.07) is 0. The Kier molecular flexibility index (Phi) is 3.69. The van der Waals surface area contributed by atoms with Crippen molar-refractivity contribution in [2.45, 2.75) is 34.1 Å². The third kappa shape index (κ3) is 2.62. The van der Waals surface area contributed by atoms with Crippen LogP contribution in [-0.2, 0) is 0 Å². The van der Waals surface area contributed by atoms with Crippen molar-refractivity contribution in [2.24, 2.45) is 0 Å². The van der Waals surface area contributed by atoms with Crippen LogP contribution in [0.25, 0.3) is 0 Å². The van der Waals surface area contributed by atoms with E-state index >= 15 is 0 Å². The summed E-state index contributed by atoms with van der Waals surface area (Å²) in [7, 11) is 0. The van der Waals surface area contributed by atoms with E-state index in [1.807, 2.05) is 0 Å². The molecule has 1 rings (SSSR count). The number of nitrogens with zero attached hydrogens (tertiary/aromatic N) is 1. The molecule has 1 fully saturated rings. The van der Waals surface area contributed by atoms with Crippen LogP contribution in [0.5, 0.6) is 0 Å². The minimum absolute atomic E-state index is 1.40. The van der Waals surface area contributed by atoms with Crippen molar-refractivity contribution < 1.29 is 0 Å². The summed E-state index contributed by atoms with van der Waals surface area (Å²) in [6.07, 6.45) is 0. The predicted molar refractivity (Wildman–Crippen MR) is 53.6 cm³/mol. The third-order valence-electron chi connectivity index (χ3n) is 3.35. The van der Waals surface area contributed by atoms with Crippen LogP contribution < -0.4 is 0 Å². The van der Waals surface area contributed by atoms with Gasteiger partial charge in [0.05, 0.1) is 0 Å². The molecule has 0 amide bonds. The van der Waals surface area contributed by atoms with Gasteiger partial charge in [-0.05, 0) is 0 Å². The second kappa shape index (κ2) is 4.13. The molecule has 0 aliphatic carbocycles. The molecule has 66 valence electrons. The van der Waals surface area contributed by atoms with Gasteiger partial charge in [0.25, 0.3) is 0 Å². The van der Waals surface area contributed by atoms with Crippen molar-refractivity contribution in [2.75, 3.05) is 17.7 Å². The molecule has 0 aromatic carbocycles. The molecule has 1 heterocycles. The van der Waals surface area contributed by atoms with Crippen LogP contribution >= 0.6 is 0 Å². The first-order valence-electron chi connectivity index (χ1n) is 4.98. The Hall–Kier alpha value is 0.759. The van der Waals surface area contributed by atoms with Gasteiger partial charge in [0.1, 0.15) is 0 Å².